The lowest BCUT2D eigenvalue weighted by molar-refractivity contribution is -0.156. The van der Waals surface area contributed by atoms with E-state index in [4.69, 9.17) is 61.3 Å². The van der Waals surface area contributed by atoms with Crippen molar-refractivity contribution in [2.45, 2.75) is 150 Å². The molecule has 5 aliphatic heterocycles. The molecule has 5 aliphatic rings. The van der Waals surface area contributed by atoms with Crippen molar-refractivity contribution in [3.8, 4) is 51.0 Å². The second kappa shape index (κ2) is 44.6. The molecule has 10 heterocycles. The van der Waals surface area contributed by atoms with Gasteiger partial charge < -0.3 is 113 Å². The van der Waals surface area contributed by atoms with Crippen molar-refractivity contribution in [2.75, 3.05) is 186 Å². The molecule has 0 saturated carbocycles. The highest BCUT2D eigenvalue weighted by molar-refractivity contribution is 6.30. The number of nitrogens with one attached hydrogen (secondary N) is 1. The number of para-hydroxylation sites is 3. The third-order valence-electron chi connectivity index (χ3n) is 21.3. The number of rotatable bonds is 17. The lowest BCUT2D eigenvalue weighted by Crippen LogP contribution is -2.56. The number of aromatic hydroxyl groups is 3. The molecule has 5 aromatic heterocycles. The van der Waals surface area contributed by atoms with Gasteiger partial charge in [0, 0.05) is 177 Å². The zero-order valence-electron chi connectivity index (χ0n) is 75.2. The number of phenols is 3. The summed E-state index contributed by atoms with van der Waals surface area (Å²) in [7, 11) is 5.34. The van der Waals surface area contributed by atoms with Gasteiger partial charge in [-0.3, -0.25) is 24.0 Å². The van der Waals surface area contributed by atoms with Crippen molar-refractivity contribution in [3.63, 3.8) is 0 Å². The van der Waals surface area contributed by atoms with Crippen molar-refractivity contribution in [1.82, 2.24) is 85.7 Å². The van der Waals surface area contributed by atoms with Gasteiger partial charge in [-0.15, -0.1) is 51.0 Å². The predicted octanol–water partition coefficient (Wildman–Crippen LogP) is 8.02. The molecule has 3 aromatic carbocycles. The first kappa shape index (κ1) is 98.4. The van der Waals surface area contributed by atoms with Gasteiger partial charge in [-0.1, -0.05) is 66.5 Å². The predicted molar refractivity (Wildman–Crippen MR) is 494 cm³/mol. The van der Waals surface area contributed by atoms with E-state index in [2.05, 4.69) is 89.8 Å². The number of anilines is 10. The van der Waals surface area contributed by atoms with Crippen LogP contribution in [-0.2, 0) is 33.4 Å². The van der Waals surface area contributed by atoms with E-state index in [0.29, 0.717) is 177 Å². The number of hydrogen-bond donors (Lipinski definition) is 9. The van der Waals surface area contributed by atoms with Crippen LogP contribution in [0.2, 0.25) is 10.3 Å². The molecular formula is C87H123Cl2N27O11. The first-order valence-electron chi connectivity index (χ1n) is 42.4. The highest BCUT2D eigenvalue weighted by Crippen LogP contribution is 2.37. The number of piperazine rings is 5. The molecule has 0 spiro atoms. The molecule has 0 bridgehead atoms. The van der Waals surface area contributed by atoms with Crippen LogP contribution in [0.25, 0.3) is 33.8 Å². The third kappa shape index (κ3) is 27.8. The maximum Gasteiger partial charge on any atom is 0.410 e. The van der Waals surface area contributed by atoms with Gasteiger partial charge in [0.15, 0.2) is 39.4 Å². The van der Waals surface area contributed by atoms with Crippen molar-refractivity contribution in [3.05, 3.63) is 113 Å². The molecule has 14 N–H and O–H groups in total. The smallest absolute Gasteiger partial charge is 0.410 e. The largest absolute Gasteiger partial charge is 0.507 e. The topological polar surface area (TPSA) is 488 Å². The van der Waals surface area contributed by atoms with Gasteiger partial charge in [-0.05, 0) is 151 Å². The molecule has 40 heteroatoms. The SMILES string of the molecule is CC1CN(c2cc(-c3ccccc3O)nnc2N)CCN1C(=O)CCC(=O)OC(C)(C)C.CC1CN(c2cc(-c3ccccc3O)nnc2N)CCN1C(=O)CN(C)C.CC1CN(c2cc(Cl)nnc2N)CCN1.CC1CN(c2cc(Cl)nnc2N)CCN1C(=O)CN(C)C(=O)OC(C)(C)C.CCCC(=O)N1CCN(c2cc(-c3ccccc3O)nnc2N)CC1C. The molecule has 0 aliphatic carbocycles. The number of benzene rings is 3. The van der Waals surface area contributed by atoms with Crippen LogP contribution in [0, 0.1) is 0 Å². The fourth-order valence-electron chi connectivity index (χ4n) is 15.1. The number of likely N-dealkylation sites (N-methyl/N-ethyl adjacent to an activating group) is 2. The standard InChI is InChI=1S/C23H31N5O4.C19H26N6O2.C19H25N5O2.C17H27ClN6O3.C9H14ClN5/c1-15-14-27(11-12-28(15)20(30)9-10-21(31)32-23(2,3)4)18-13-17(25-26-22(18)24)16-7-5-6-8-19(16)29;1-13-11-24(8-9-25(13)18(27)12-23(2)3)16-10-15(21-22-19(16)20)14-6-4-5-7-17(14)26;1-3-6-18(26)24-10-9-23(12-13(24)2)16-11-15(21-22-19(16)20)14-7-4-5-8-17(14)25;1-11-9-23(12-8-13(18)20-21-15(12)19)6-7-24(11)14(25)10-22(5)16(26)27-17(2,3)4;1-6-5-15(3-2-12-6)7-4-8(10)13-14-9(7)11/h5-8,13,15,29H,9-12,14H2,1-4H3,(H2,24,26);4-7,10,13,26H,8-9,11-12H2,1-3H3,(H2,20,22);4-5,7-8,11,13,25H,3,6,9-10,12H2,1-2H3,(H2,20,22);8,11H,6-7,9-10H2,1-5H3,(H2,19,21);4,6,12H,2-3,5H2,1H3,(H2,11,14). The summed E-state index contributed by atoms with van der Waals surface area (Å²) in [5.41, 5.74) is 36.1. The summed E-state index contributed by atoms with van der Waals surface area (Å²) in [5.74, 6) is 1.91. The van der Waals surface area contributed by atoms with Crippen LogP contribution < -0.4 is 58.5 Å². The average Bonchev–Trinajstić information content (AvgIpc) is 0.770. The lowest BCUT2D eigenvalue weighted by atomic mass is 10.1. The van der Waals surface area contributed by atoms with E-state index in [0.717, 1.165) is 43.1 Å². The Morgan fingerprint density at radius 1 is 0.417 bits per heavy atom. The molecule has 5 fully saturated rings. The summed E-state index contributed by atoms with van der Waals surface area (Å²) in [6.45, 7) is 33.3. The van der Waals surface area contributed by atoms with Gasteiger partial charge >= 0.3 is 12.1 Å². The fourth-order valence-corrected chi connectivity index (χ4v) is 15.4. The maximum absolute atomic E-state index is 12.7. The Labute approximate surface area is 752 Å². The number of nitrogen functional groups attached to an aromatic ring is 5. The number of phenolic OH excluding ortho intramolecular Hbond substituents is 3. The first-order valence-corrected chi connectivity index (χ1v) is 43.1. The third-order valence-corrected chi connectivity index (χ3v) is 21.7. The van der Waals surface area contributed by atoms with Gasteiger partial charge in [0.05, 0.1) is 58.5 Å². The maximum atomic E-state index is 12.7. The van der Waals surface area contributed by atoms with E-state index in [1.807, 2.05) is 97.8 Å². The van der Waals surface area contributed by atoms with Crippen molar-refractivity contribution in [2.24, 2.45) is 0 Å². The molecule has 5 atom stereocenters. The summed E-state index contributed by atoms with van der Waals surface area (Å²) in [6, 6.07) is 30.4. The minimum absolute atomic E-state index is 0.0377. The Kier molecular flexibility index (Phi) is 34.6. The molecule has 0 radical (unpaired) electrons. The Balaban J connectivity index is 0.000000182. The van der Waals surface area contributed by atoms with Crippen LogP contribution in [0.5, 0.6) is 17.2 Å². The monoisotopic (exact) mass is 1790 g/mol. The number of halogens is 2. The molecule has 13 rings (SSSR count). The number of ether oxygens (including phenoxy) is 2. The summed E-state index contributed by atoms with van der Waals surface area (Å²) >= 11 is 11.7. The highest BCUT2D eigenvalue weighted by atomic mass is 35.5. The van der Waals surface area contributed by atoms with E-state index in [-0.39, 0.29) is 95.6 Å². The van der Waals surface area contributed by atoms with Gasteiger partial charge in [0.1, 0.15) is 35.0 Å². The number of amides is 5. The summed E-state index contributed by atoms with van der Waals surface area (Å²) in [4.78, 5) is 95.0. The van der Waals surface area contributed by atoms with Gasteiger partial charge in [-0.2, -0.15) is 0 Å². The molecule has 5 saturated heterocycles. The number of esters is 1. The van der Waals surface area contributed by atoms with E-state index < -0.39 is 17.3 Å². The number of aromatic nitrogens is 10. The van der Waals surface area contributed by atoms with Gasteiger partial charge in [0.25, 0.3) is 0 Å². The van der Waals surface area contributed by atoms with Crippen LogP contribution >= 0.6 is 23.2 Å². The van der Waals surface area contributed by atoms with E-state index in [9.17, 15) is 44.1 Å². The summed E-state index contributed by atoms with van der Waals surface area (Å²) in [5, 5.41) is 74.0. The average molecular weight is 1790 g/mol. The first-order chi connectivity index (χ1) is 60.1. The van der Waals surface area contributed by atoms with Crippen molar-refractivity contribution < 1.29 is 53.6 Å². The second-order valence-corrected chi connectivity index (χ2v) is 34.9. The second-order valence-electron chi connectivity index (χ2n) is 34.2. The fraction of sp³-hybridized carbons (Fsp3) is 0.494. The number of nitrogens with zero attached hydrogens (tertiary/aromatic N) is 21. The highest BCUT2D eigenvalue weighted by Gasteiger charge is 2.36. The lowest BCUT2D eigenvalue weighted by Gasteiger charge is -2.41. The van der Waals surface area contributed by atoms with Crippen LogP contribution in [0.3, 0.4) is 0 Å². The number of carbonyl (C=O) groups excluding carboxylic acids is 6. The number of carbonyl (C=O) groups is 6. The molecule has 8 aromatic rings. The van der Waals surface area contributed by atoms with Crippen LogP contribution in [0.15, 0.2) is 103 Å². The molecule has 38 nitrogen and oxygen atoms in total. The van der Waals surface area contributed by atoms with E-state index in [1.165, 1.54) is 4.90 Å². The molecule has 686 valence electrons. The quantitative estimate of drug-likeness (QED) is 0.0389. The summed E-state index contributed by atoms with van der Waals surface area (Å²) in [6.07, 6.45) is 1.11. The summed E-state index contributed by atoms with van der Waals surface area (Å²) < 4.78 is 10.6. The number of nitrogens with two attached hydrogens (primary N) is 5. The minimum Gasteiger partial charge on any atom is -0.507 e. The zero-order chi connectivity index (χ0) is 92.9. The normalized spacial score (nSPS) is 17.8. The van der Waals surface area contributed by atoms with E-state index in [1.54, 1.807) is 125 Å². The Hall–Kier alpha value is -12.4. The molecule has 5 unspecified atom stereocenters. The number of hydrogen-bond acceptors (Lipinski definition) is 33. The van der Waals surface area contributed by atoms with E-state index >= 15 is 0 Å². The Morgan fingerprint density at radius 2 is 0.732 bits per heavy atom. The molecule has 127 heavy (non-hydrogen) atoms. The zero-order valence-corrected chi connectivity index (χ0v) is 76.7. The molecule has 5 amide bonds. The van der Waals surface area contributed by atoms with Gasteiger partial charge in [-0.25, -0.2) is 4.79 Å². The van der Waals surface area contributed by atoms with Crippen LogP contribution in [-0.4, -0.2) is 305 Å². The minimum atomic E-state index is -0.604. The van der Waals surface area contributed by atoms with Gasteiger partial charge in [0.2, 0.25) is 23.6 Å². The van der Waals surface area contributed by atoms with Crippen LogP contribution in [0.4, 0.5) is 62.3 Å². The molecular weight excluding hydrogens is 1670 g/mol. The van der Waals surface area contributed by atoms with Crippen molar-refractivity contribution in [1.29, 1.82) is 0 Å². The van der Waals surface area contributed by atoms with Crippen LogP contribution in [0.1, 0.15) is 109 Å². The Bertz CT molecular complexity index is 5090. The van der Waals surface area contributed by atoms with Crippen molar-refractivity contribution >= 4 is 116 Å². The Morgan fingerprint density at radius 3 is 1.06 bits per heavy atom.